The van der Waals surface area contributed by atoms with Gasteiger partial charge in [0.2, 0.25) is 5.91 Å². The average molecular weight is 354 g/mol. The van der Waals surface area contributed by atoms with Gasteiger partial charge in [0.15, 0.2) is 0 Å². The number of rotatable bonds is 5. The fourth-order valence-corrected chi connectivity index (χ4v) is 3.21. The van der Waals surface area contributed by atoms with Crippen LogP contribution in [-0.4, -0.2) is 64.2 Å². The van der Waals surface area contributed by atoms with Gasteiger partial charge >= 0.3 is 12.1 Å². The molecule has 0 aliphatic carbocycles. The largest absolute Gasteiger partial charge is 0.480 e. The maximum atomic E-state index is 12.9. The Morgan fingerprint density at radius 1 is 1.32 bits per heavy atom. The quantitative estimate of drug-likeness (QED) is 0.766. The first-order valence-electron chi connectivity index (χ1n) is 8.52. The lowest BCUT2D eigenvalue weighted by atomic mass is 9.96. The standard InChI is InChI=1S/C18H30N2O5/c1-8-13-12(9-10-20(13)17(24)25-18(4,5)6)15(21)19(7)14(11(2)3)16(22)23/h8,11-14H,1,9-10H2,2-7H3,(H,22,23)/t12-,13+,14-/m0/s1. The Hall–Kier alpha value is -2.05. The van der Waals surface area contributed by atoms with Crippen molar-refractivity contribution in [3.05, 3.63) is 12.7 Å². The van der Waals surface area contributed by atoms with E-state index in [2.05, 4.69) is 6.58 Å². The van der Waals surface area contributed by atoms with E-state index >= 15 is 0 Å². The second-order valence-electron chi connectivity index (χ2n) is 7.77. The summed E-state index contributed by atoms with van der Waals surface area (Å²) < 4.78 is 5.39. The van der Waals surface area contributed by atoms with Gasteiger partial charge < -0.3 is 19.6 Å². The van der Waals surface area contributed by atoms with Crippen LogP contribution in [-0.2, 0) is 14.3 Å². The molecule has 0 aromatic rings. The van der Waals surface area contributed by atoms with E-state index in [-0.39, 0.29) is 11.8 Å². The minimum atomic E-state index is -1.04. The zero-order valence-electron chi connectivity index (χ0n) is 16.0. The van der Waals surface area contributed by atoms with Crippen LogP contribution in [0, 0.1) is 11.8 Å². The smallest absolute Gasteiger partial charge is 0.410 e. The molecule has 142 valence electrons. The minimum absolute atomic E-state index is 0.225. The Morgan fingerprint density at radius 3 is 2.28 bits per heavy atom. The number of carboxylic acids is 1. The SMILES string of the molecule is C=C[C@@H]1[C@@H](C(=O)N(C)[C@H](C(=O)O)C(C)C)CCN1C(=O)OC(C)(C)C. The molecule has 1 aliphatic heterocycles. The molecule has 2 amide bonds. The van der Waals surface area contributed by atoms with Crippen LogP contribution in [0.25, 0.3) is 0 Å². The predicted octanol–water partition coefficient (Wildman–Crippen LogP) is 2.37. The van der Waals surface area contributed by atoms with Crippen molar-refractivity contribution in [1.82, 2.24) is 9.80 Å². The first-order chi connectivity index (χ1) is 11.4. The van der Waals surface area contributed by atoms with Gasteiger partial charge in [0.1, 0.15) is 11.6 Å². The van der Waals surface area contributed by atoms with Crippen LogP contribution in [0.15, 0.2) is 12.7 Å². The van der Waals surface area contributed by atoms with Crippen molar-refractivity contribution in [2.75, 3.05) is 13.6 Å². The van der Waals surface area contributed by atoms with Crippen molar-refractivity contribution in [2.45, 2.75) is 58.7 Å². The lowest BCUT2D eigenvalue weighted by Gasteiger charge is -2.32. The summed E-state index contributed by atoms with van der Waals surface area (Å²) in [5, 5.41) is 9.40. The molecule has 1 heterocycles. The third-order valence-electron chi connectivity index (χ3n) is 4.29. The van der Waals surface area contributed by atoms with Crippen molar-refractivity contribution in [2.24, 2.45) is 11.8 Å². The lowest BCUT2D eigenvalue weighted by Crippen LogP contribution is -2.50. The monoisotopic (exact) mass is 354 g/mol. The summed E-state index contributed by atoms with van der Waals surface area (Å²) in [5.41, 5.74) is -0.631. The highest BCUT2D eigenvalue weighted by atomic mass is 16.6. The van der Waals surface area contributed by atoms with Crippen LogP contribution in [0.2, 0.25) is 0 Å². The molecule has 0 unspecified atom stereocenters. The lowest BCUT2D eigenvalue weighted by molar-refractivity contribution is -0.152. The minimum Gasteiger partial charge on any atom is -0.480 e. The molecule has 1 saturated heterocycles. The zero-order chi connectivity index (χ0) is 19.5. The second-order valence-corrected chi connectivity index (χ2v) is 7.77. The first-order valence-corrected chi connectivity index (χ1v) is 8.52. The van der Waals surface area contributed by atoms with Crippen LogP contribution in [0.3, 0.4) is 0 Å². The van der Waals surface area contributed by atoms with Crippen LogP contribution in [0.1, 0.15) is 41.0 Å². The van der Waals surface area contributed by atoms with Gasteiger partial charge in [0.25, 0.3) is 0 Å². The summed E-state index contributed by atoms with van der Waals surface area (Å²) in [7, 11) is 1.50. The Bertz CT molecular complexity index is 538. The number of carbonyl (C=O) groups excluding carboxylic acids is 2. The van der Waals surface area contributed by atoms with Crippen LogP contribution >= 0.6 is 0 Å². The van der Waals surface area contributed by atoms with Crippen molar-refractivity contribution in [1.29, 1.82) is 0 Å². The molecule has 1 N–H and O–H groups in total. The first kappa shape index (κ1) is 21.0. The molecule has 0 saturated carbocycles. The van der Waals surface area contributed by atoms with Crippen molar-refractivity contribution >= 4 is 18.0 Å². The summed E-state index contributed by atoms with van der Waals surface area (Å²) in [6, 6.07) is -1.42. The van der Waals surface area contributed by atoms with Crippen molar-refractivity contribution in [3.8, 4) is 0 Å². The van der Waals surface area contributed by atoms with E-state index in [0.717, 1.165) is 0 Å². The molecule has 0 radical (unpaired) electrons. The highest BCUT2D eigenvalue weighted by Crippen LogP contribution is 2.29. The third-order valence-corrected chi connectivity index (χ3v) is 4.29. The van der Waals surface area contributed by atoms with E-state index in [4.69, 9.17) is 4.74 Å². The molecule has 1 rings (SSSR count). The van der Waals surface area contributed by atoms with Gasteiger partial charge in [-0.25, -0.2) is 9.59 Å². The molecule has 0 bridgehead atoms. The van der Waals surface area contributed by atoms with Gasteiger partial charge in [-0.3, -0.25) is 4.79 Å². The van der Waals surface area contributed by atoms with E-state index < -0.39 is 35.7 Å². The number of likely N-dealkylation sites (N-methyl/N-ethyl adjacent to an activating group) is 1. The fourth-order valence-electron chi connectivity index (χ4n) is 3.21. The van der Waals surface area contributed by atoms with E-state index in [1.807, 2.05) is 0 Å². The number of aliphatic carboxylic acids is 1. The third kappa shape index (κ3) is 4.96. The van der Waals surface area contributed by atoms with Crippen LogP contribution in [0.5, 0.6) is 0 Å². The van der Waals surface area contributed by atoms with Crippen molar-refractivity contribution < 1.29 is 24.2 Å². The maximum absolute atomic E-state index is 12.9. The molecule has 25 heavy (non-hydrogen) atoms. The second kappa shape index (κ2) is 7.89. The van der Waals surface area contributed by atoms with Gasteiger partial charge in [0, 0.05) is 13.6 Å². The molecule has 0 spiro atoms. The molecular weight excluding hydrogens is 324 g/mol. The Kier molecular flexibility index (Phi) is 6.62. The van der Waals surface area contributed by atoms with E-state index in [1.165, 1.54) is 16.8 Å². The fraction of sp³-hybridized carbons (Fsp3) is 0.722. The molecule has 1 fully saturated rings. The van der Waals surface area contributed by atoms with Gasteiger partial charge in [-0.15, -0.1) is 6.58 Å². The van der Waals surface area contributed by atoms with E-state index in [0.29, 0.717) is 13.0 Å². The summed E-state index contributed by atoms with van der Waals surface area (Å²) in [6.07, 6.45) is 1.51. The summed E-state index contributed by atoms with van der Waals surface area (Å²) in [4.78, 5) is 39.4. The molecule has 7 heteroatoms. The van der Waals surface area contributed by atoms with Crippen LogP contribution < -0.4 is 0 Å². The number of nitrogens with zero attached hydrogens (tertiary/aromatic N) is 2. The number of ether oxygens (including phenoxy) is 1. The zero-order valence-corrected chi connectivity index (χ0v) is 16.0. The van der Waals surface area contributed by atoms with Crippen molar-refractivity contribution in [3.63, 3.8) is 0 Å². The average Bonchev–Trinajstić information content (AvgIpc) is 2.87. The number of hydrogen-bond acceptors (Lipinski definition) is 4. The molecule has 1 aliphatic rings. The number of hydrogen-bond donors (Lipinski definition) is 1. The van der Waals surface area contributed by atoms with Gasteiger partial charge in [-0.05, 0) is 33.1 Å². The van der Waals surface area contributed by atoms with E-state index in [9.17, 15) is 19.5 Å². The summed E-state index contributed by atoms with van der Waals surface area (Å²) >= 11 is 0. The maximum Gasteiger partial charge on any atom is 0.410 e. The van der Waals surface area contributed by atoms with Gasteiger partial charge in [-0.2, -0.15) is 0 Å². The molecule has 0 aromatic carbocycles. The highest BCUT2D eigenvalue weighted by molar-refractivity contribution is 5.86. The topological polar surface area (TPSA) is 87.2 Å². The highest BCUT2D eigenvalue weighted by Gasteiger charge is 2.44. The van der Waals surface area contributed by atoms with E-state index in [1.54, 1.807) is 40.7 Å². The molecule has 3 atom stereocenters. The molecule has 7 nitrogen and oxygen atoms in total. The Balaban J connectivity index is 2.95. The van der Waals surface area contributed by atoms with Gasteiger partial charge in [-0.1, -0.05) is 19.9 Å². The summed E-state index contributed by atoms with van der Waals surface area (Å²) in [6.45, 7) is 13.0. The normalized spacial score (nSPS) is 21.8. The number of carboxylic acid groups (broad SMARTS) is 1. The number of carbonyl (C=O) groups is 3. The number of likely N-dealkylation sites (tertiary alicyclic amines) is 1. The number of amides is 2. The van der Waals surface area contributed by atoms with Crippen LogP contribution in [0.4, 0.5) is 4.79 Å². The summed E-state index contributed by atoms with van der Waals surface area (Å²) in [5.74, 6) is -2.08. The predicted molar refractivity (Wildman–Crippen MR) is 94.1 cm³/mol. The molecule has 0 aromatic heterocycles. The Labute approximate surface area is 149 Å². The Morgan fingerprint density at radius 2 is 1.88 bits per heavy atom. The van der Waals surface area contributed by atoms with Gasteiger partial charge in [0.05, 0.1) is 12.0 Å². The molecular formula is C18H30N2O5.